The summed E-state index contributed by atoms with van der Waals surface area (Å²) >= 11 is 0. The minimum absolute atomic E-state index is 0.0398. The molecule has 0 saturated carbocycles. The van der Waals surface area contributed by atoms with Crippen LogP contribution in [0, 0.1) is 11.6 Å². The van der Waals surface area contributed by atoms with Gasteiger partial charge in [0, 0.05) is 20.2 Å². The van der Waals surface area contributed by atoms with Crippen molar-refractivity contribution in [3.8, 4) is 0 Å². The summed E-state index contributed by atoms with van der Waals surface area (Å²) in [6.07, 6.45) is 0. The maximum atomic E-state index is 13.5. The number of nitrogens with zero attached hydrogens (tertiary/aromatic N) is 1. The summed E-state index contributed by atoms with van der Waals surface area (Å²) in [4.78, 5) is 13.2. The summed E-state index contributed by atoms with van der Waals surface area (Å²) in [6, 6.07) is 3.41. The van der Waals surface area contributed by atoms with Crippen molar-refractivity contribution in [2.45, 2.75) is 0 Å². The molecule has 1 amide bonds. The molecular weight excluding hydrogens is 244 g/mol. The number of aliphatic hydroxyl groups excluding tert-OH is 1. The van der Waals surface area contributed by atoms with Crippen LogP contribution in [0.5, 0.6) is 0 Å². The number of hydrogen-bond donors (Lipinski definition) is 1. The molecule has 1 rings (SSSR count). The molecule has 0 unspecified atom stereocenters. The number of amides is 1. The van der Waals surface area contributed by atoms with Crippen LogP contribution in [0.3, 0.4) is 0 Å². The zero-order valence-electron chi connectivity index (χ0n) is 10.0. The molecule has 0 heterocycles. The van der Waals surface area contributed by atoms with Crippen molar-refractivity contribution < 1.29 is 23.4 Å². The van der Waals surface area contributed by atoms with Gasteiger partial charge in [0.1, 0.15) is 0 Å². The second-order valence-electron chi connectivity index (χ2n) is 3.61. The normalized spacial score (nSPS) is 10.4. The molecule has 4 nitrogen and oxygen atoms in total. The number of aliphatic hydroxyl groups is 1. The Bertz CT molecular complexity index is 412. The summed E-state index contributed by atoms with van der Waals surface area (Å²) in [5, 5.41) is 8.85. The van der Waals surface area contributed by atoms with E-state index in [0.717, 1.165) is 6.07 Å². The van der Waals surface area contributed by atoms with Gasteiger partial charge in [0.15, 0.2) is 11.6 Å². The van der Waals surface area contributed by atoms with E-state index in [2.05, 4.69) is 0 Å². The lowest BCUT2D eigenvalue weighted by Crippen LogP contribution is -2.36. The fraction of sp³-hybridized carbons (Fsp3) is 0.417. The fourth-order valence-electron chi connectivity index (χ4n) is 1.48. The molecule has 0 aromatic heterocycles. The van der Waals surface area contributed by atoms with Crippen molar-refractivity contribution >= 4 is 5.91 Å². The van der Waals surface area contributed by atoms with Gasteiger partial charge >= 0.3 is 0 Å². The molecule has 0 aliphatic carbocycles. The van der Waals surface area contributed by atoms with E-state index in [-0.39, 0.29) is 31.9 Å². The van der Waals surface area contributed by atoms with E-state index in [1.807, 2.05) is 0 Å². The Hall–Kier alpha value is -1.53. The summed E-state index contributed by atoms with van der Waals surface area (Å²) in [7, 11) is 1.46. The van der Waals surface area contributed by atoms with E-state index in [4.69, 9.17) is 9.84 Å². The van der Waals surface area contributed by atoms with Crippen molar-refractivity contribution in [1.82, 2.24) is 4.90 Å². The van der Waals surface area contributed by atoms with E-state index in [0.29, 0.717) is 0 Å². The molecule has 0 aliphatic heterocycles. The van der Waals surface area contributed by atoms with Gasteiger partial charge < -0.3 is 14.7 Å². The van der Waals surface area contributed by atoms with Crippen LogP contribution in [-0.4, -0.2) is 49.3 Å². The number of benzene rings is 1. The van der Waals surface area contributed by atoms with Gasteiger partial charge in [-0.1, -0.05) is 6.07 Å². The van der Waals surface area contributed by atoms with Gasteiger partial charge in [0.05, 0.1) is 18.8 Å². The third-order valence-corrected chi connectivity index (χ3v) is 2.40. The van der Waals surface area contributed by atoms with Gasteiger partial charge in [0.2, 0.25) is 0 Å². The van der Waals surface area contributed by atoms with Crippen LogP contribution in [0.15, 0.2) is 18.2 Å². The van der Waals surface area contributed by atoms with Crippen LogP contribution >= 0.6 is 0 Å². The van der Waals surface area contributed by atoms with Crippen LogP contribution in [0.2, 0.25) is 0 Å². The van der Waals surface area contributed by atoms with Crippen molar-refractivity contribution in [2.24, 2.45) is 0 Å². The Kier molecular flexibility index (Phi) is 5.67. The summed E-state index contributed by atoms with van der Waals surface area (Å²) in [6.45, 7) is 0.235. The topological polar surface area (TPSA) is 49.8 Å². The number of hydrogen-bond acceptors (Lipinski definition) is 3. The predicted octanol–water partition coefficient (Wildman–Crippen LogP) is 1.05. The molecule has 100 valence electrons. The lowest BCUT2D eigenvalue weighted by atomic mass is 10.1. The van der Waals surface area contributed by atoms with Gasteiger partial charge in [0.25, 0.3) is 5.91 Å². The first-order valence-electron chi connectivity index (χ1n) is 5.45. The van der Waals surface area contributed by atoms with Crippen molar-refractivity contribution in [3.63, 3.8) is 0 Å². The van der Waals surface area contributed by atoms with E-state index in [1.165, 1.54) is 24.1 Å². The highest BCUT2D eigenvalue weighted by Crippen LogP contribution is 2.13. The molecule has 0 spiro atoms. The first-order valence-corrected chi connectivity index (χ1v) is 5.45. The number of ether oxygens (including phenoxy) is 1. The highest BCUT2D eigenvalue weighted by Gasteiger charge is 2.20. The molecule has 0 radical (unpaired) electrons. The highest BCUT2D eigenvalue weighted by atomic mass is 19.2. The molecule has 0 aliphatic rings. The number of rotatable bonds is 6. The number of carbonyl (C=O) groups is 1. The van der Waals surface area contributed by atoms with Crippen LogP contribution in [0.25, 0.3) is 0 Å². The number of halogens is 2. The molecule has 0 bridgehead atoms. The Morgan fingerprint density at radius 2 is 2.11 bits per heavy atom. The Labute approximate surface area is 104 Å². The number of carbonyl (C=O) groups excluding carboxylic acids is 1. The van der Waals surface area contributed by atoms with Crippen molar-refractivity contribution in [2.75, 3.05) is 33.4 Å². The Morgan fingerprint density at radius 1 is 1.39 bits per heavy atom. The molecule has 18 heavy (non-hydrogen) atoms. The summed E-state index contributed by atoms with van der Waals surface area (Å²) in [5.41, 5.74) is -0.348. The molecule has 1 N–H and O–H groups in total. The molecular formula is C12H15F2NO3. The highest BCUT2D eigenvalue weighted by molar-refractivity contribution is 5.94. The van der Waals surface area contributed by atoms with Gasteiger partial charge in [-0.25, -0.2) is 8.78 Å². The van der Waals surface area contributed by atoms with Crippen LogP contribution in [-0.2, 0) is 4.74 Å². The maximum Gasteiger partial charge on any atom is 0.257 e. The molecule has 1 aromatic rings. The second-order valence-corrected chi connectivity index (χ2v) is 3.61. The van der Waals surface area contributed by atoms with Crippen molar-refractivity contribution in [3.05, 3.63) is 35.4 Å². The molecule has 1 aromatic carbocycles. The van der Waals surface area contributed by atoms with Crippen LogP contribution in [0.4, 0.5) is 8.78 Å². The quantitative estimate of drug-likeness (QED) is 0.830. The fourth-order valence-corrected chi connectivity index (χ4v) is 1.48. The van der Waals surface area contributed by atoms with Gasteiger partial charge in [-0.15, -0.1) is 0 Å². The SMILES string of the molecule is COCCN(CCO)C(=O)c1cccc(F)c1F. The zero-order chi connectivity index (χ0) is 13.5. The Balaban J connectivity index is 2.90. The predicted molar refractivity (Wildman–Crippen MR) is 61.2 cm³/mol. The summed E-state index contributed by atoms with van der Waals surface area (Å²) in [5.74, 6) is -2.92. The Morgan fingerprint density at radius 3 is 2.72 bits per heavy atom. The average Bonchev–Trinajstić information content (AvgIpc) is 2.37. The van der Waals surface area contributed by atoms with E-state index in [9.17, 15) is 13.6 Å². The van der Waals surface area contributed by atoms with Crippen LogP contribution < -0.4 is 0 Å². The largest absolute Gasteiger partial charge is 0.395 e. The molecule has 6 heteroatoms. The first kappa shape index (κ1) is 14.5. The van der Waals surface area contributed by atoms with Gasteiger partial charge in [-0.05, 0) is 12.1 Å². The van der Waals surface area contributed by atoms with E-state index in [1.54, 1.807) is 0 Å². The molecule has 0 saturated heterocycles. The standard InChI is InChI=1S/C12H15F2NO3/c1-18-8-6-15(5-7-16)12(17)9-3-2-4-10(13)11(9)14/h2-4,16H,5-8H2,1H3. The first-order chi connectivity index (χ1) is 8.61. The monoisotopic (exact) mass is 259 g/mol. The maximum absolute atomic E-state index is 13.5. The third kappa shape index (κ3) is 3.48. The van der Waals surface area contributed by atoms with Crippen molar-refractivity contribution in [1.29, 1.82) is 0 Å². The summed E-state index contributed by atoms with van der Waals surface area (Å²) < 4.78 is 31.3. The van der Waals surface area contributed by atoms with Gasteiger partial charge in [-0.2, -0.15) is 0 Å². The smallest absolute Gasteiger partial charge is 0.257 e. The lowest BCUT2D eigenvalue weighted by molar-refractivity contribution is 0.0651. The minimum atomic E-state index is -1.18. The zero-order valence-corrected chi connectivity index (χ0v) is 10.0. The minimum Gasteiger partial charge on any atom is -0.395 e. The molecule has 0 fully saturated rings. The second kappa shape index (κ2) is 7.03. The average molecular weight is 259 g/mol. The van der Waals surface area contributed by atoms with E-state index >= 15 is 0 Å². The van der Waals surface area contributed by atoms with E-state index < -0.39 is 17.5 Å². The van der Waals surface area contributed by atoms with Gasteiger partial charge in [-0.3, -0.25) is 4.79 Å². The third-order valence-electron chi connectivity index (χ3n) is 2.40. The molecule has 0 atom stereocenters. The lowest BCUT2D eigenvalue weighted by Gasteiger charge is -2.21. The number of methoxy groups -OCH3 is 1. The van der Waals surface area contributed by atoms with Crippen LogP contribution in [0.1, 0.15) is 10.4 Å².